The van der Waals surface area contributed by atoms with Crippen LogP contribution in [0.25, 0.3) is 11.4 Å². The van der Waals surface area contributed by atoms with Gasteiger partial charge in [0.15, 0.2) is 11.0 Å². The Bertz CT molecular complexity index is 1080. The number of thioether (sulfide) groups is 1. The zero-order valence-corrected chi connectivity index (χ0v) is 18.3. The van der Waals surface area contributed by atoms with Crippen molar-refractivity contribution in [2.75, 3.05) is 16.0 Å². The summed E-state index contributed by atoms with van der Waals surface area (Å²) < 4.78 is 2.04. The van der Waals surface area contributed by atoms with Gasteiger partial charge in [0.2, 0.25) is 11.8 Å². The first kappa shape index (κ1) is 21.0. The molecule has 1 atom stereocenters. The van der Waals surface area contributed by atoms with Gasteiger partial charge in [-0.2, -0.15) is 0 Å². The molecule has 2 aromatic heterocycles. The molecule has 2 amide bonds. The van der Waals surface area contributed by atoms with Crippen LogP contribution in [0.3, 0.4) is 0 Å². The molecule has 0 saturated carbocycles. The molecule has 0 aliphatic carbocycles. The smallest absolute Gasteiger partial charge is 0.237 e. The number of carbonyl (C=O) groups is 2. The molecule has 9 heteroatoms. The van der Waals surface area contributed by atoms with Gasteiger partial charge >= 0.3 is 0 Å². The molecule has 0 fully saturated rings. The van der Waals surface area contributed by atoms with Crippen molar-refractivity contribution in [1.29, 1.82) is 0 Å². The van der Waals surface area contributed by atoms with Crippen LogP contribution >= 0.6 is 11.8 Å². The van der Waals surface area contributed by atoms with E-state index in [9.17, 15) is 9.59 Å². The second-order valence-electron chi connectivity index (χ2n) is 7.36. The van der Waals surface area contributed by atoms with Gasteiger partial charge < -0.3 is 14.8 Å². The van der Waals surface area contributed by atoms with Crippen LogP contribution in [0.15, 0.2) is 53.9 Å². The standard InChI is InChI=1S/C22H24N6O2S/c1-3-12-27-21(16-8-10-23-11-9-16)25-26-22(27)31-14-20(30)28-15(2)13-19(29)24-17-6-4-5-7-18(17)28/h4-11,15H,3,12-14H2,1-2H3,(H,24,29)/t15-/m1/s1. The minimum absolute atomic E-state index is 0.0713. The summed E-state index contributed by atoms with van der Waals surface area (Å²) in [6, 6.07) is 11.0. The average Bonchev–Trinajstić information content (AvgIpc) is 3.11. The van der Waals surface area contributed by atoms with Gasteiger partial charge in [0, 0.05) is 37.0 Å². The fourth-order valence-electron chi connectivity index (χ4n) is 3.70. The molecule has 0 saturated heterocycles. The predicted molar refractivity (Wildman–Crippen MR) is 121 cm³/mol. The number of hydrogen-bond donors (Lipinski definition) is 1. The van der Waals surface area contributed by atoms with Crippen molar-refractivity contribution < 1.29 is 9.59 Å². The molecule has 1 aromatic carbocycles. The molecule has 4 rings (SSSR count). The third kappa shape index (κ3) is 4.46. The number of carbonyl (C=O) groups excluding carboxylic acids is 2. The van der Waals surface area contributed by atoms with Crippen LogP contribution in [0.5, 0.6) is 0 Å². The molecular weight excluding hydrogens is 412 g/mol. The van der Waals surface area contributed by atoms with Gasteiger partial charge in [-0.1, -0.05) is 30.8 Å². The first-order valence-electron chi connectivity index (χ1n) is 10.3. The van der Waals surface area contributed by atoms with Crippen LogP contribution in [0.1, 0.15) is 26.7 Å². The fraction of sp³-hybridized carbons (Fsp3) is 0.318. The second-order valence-corrected chi connectivity index (χ2v) is 8.31. The molecule has 0 unspecified atom stereocenters. The monoisotopic (exact) mass is 436 g/mol. The van der Waals surface area contributed by atoms with Crippen molar-refractivity contribution >= 4 is 35.0 Å². The van der Waals surface area contributed by atoms with Crippen molar-refractivity contribution in [2.24, 2.45) is 0 Å². The molecule has 160 valence electrons. The lowest BCUT2D eigenvalue weighted by Gasteiger charge is -2.27. The summed E-state index contributed by atoms with van der Waals surface area (Å²) in [5.74, 6) is 0.804. The van der Waals surface area contributed by atoms with E-state index in [-0.39, 0.29) is 30.0 Å². The summed E-state index contributed by atoms with van der Waals surface area (Å²) in [5, 5.41) is 12.3. The molecule has 3 heterocycles. The van der Waals surface area contributed by atoms with Gasteiger partial charge in [-0.05, 0) is 37.6 Å². The van der Waals surface area contributed by atoms with Crippen LogP contribution in [0.2, 0.25) is 0 Å². The van der Waals surface area contributed by atoms with Crippen LogP contribution in [-0.4, -0.2) is 43.4 Å². The lowest BCUT2D eigenvalue weighted by molar-refractivity contribution is -0.117. The Kier molecular flexibility index (Phi) is 6.31. The highest BCUT2D eigenvalue weighted by Gasteiger charge is 2.29. The average molecular weight is 437 g/mol. The number of anilines is 2. The molecule has 1 aliphatic rings. The zero-order valence-electron chi connectivity index (χ0n) is 17.5. The number of nitrogens with zero attached hydrogens (tertiary/aromatic N) is 5. The Hall–Kier alpha value is -3.20. The van der Waals surface area contributed by atoms with Gasteiger partial charge in [0.05, 0.1) is 17.1 Å². The Morgan fingerprint density at radius 2 is 1.97 bits per heavy atom. The number of benzene rings is 1. The van der Waals surface area contributed by atoms with Crippen LogP contribution in [0.4, 0.5) is 11.4 Å². The zero-order chi connectivity index (χ0) is 21.8. The Morgan fingerprint density at radius 3 is 2.74 bits per heavy atom. The number of para-hydroxylation sites is 2. The van der Waals surface area contributed by atoms with E-state index in [1.807, 2.05) is 47.9 Å². The van der Waals surface area contributed by atoms with Gasteiger partial charge in [-0.3, -0.25) is 14.6 Å². The summed E-state index contributed by atoms with van der Waals surface area (Å²) in [5.41, 5.74) is 2.32. The van der Waals surface area contributed by atoms with E-state index < -0.39 is 0 Å². The van der Waals surface area contributed by atoms with Gasteiger partial charge in [-0.25, -0.2) is 0 Å². The van der Waals surface area contributed by atoms with Crippen molar-refractivity contribution in [3.05, 3.63) is 48.8 Å². The number of rotatable bonds is 6. The van der Waals surface area contributed by atoms with Crippen molar-refractivity contribution in [3.8, 4) is 11.4 Å². The largest absolute Gasteiger partial charge is 0.324 e. The molecule has 1 aliphatic heterocycles. The van der Waals surface area contributed by atoms with E-state index in [1.54, 1.807) is 17.3 Å². The van der Waals surface area contributed by atoms with E-state index in [2.05, 4.69) is 27.4 Å². The number of aromatic nitrogens is 4. The number of fused-ring (bicyclic) bond motifs is 1. The lowest BCUT2D eigenvalue weighted by atomic mass is 10.2. The maximum Gasteiger partial charge on any atom is 0.237 e. The molecule has 1 N–H and O–H groups in total. The highest BCUT2D eigenvalue weighted by molar-refractivity contribution is 7.99. The molecule has 8 nitrogen and oxygen atoms in total. The van der Waals surface area contributed by atoms with Gasteiger partial charge in [-0.15, -0.1) is 10.2 Å². The summed E-state index contributed by atoms with van der Waals surface area (Å²) in [6.07, 6.45) is 4.62. The molecular formula is C22H24N6O2S. The minimum Gasteiger partial charge on any atom is -0.324 e. The van der Waals surface area contributed by atoms with Crippen LogP contribution in [-0.2, 0) is 16.1 Å². The maximum atomic E-state index is 13.3. The molecule has 3 aromatic rings. The Labute approximate surface area is 185 Å². The first-order valence-corrected chi connectivity index (χ1v) is 11.2. The lowest BCUT2D eigenvalue weighted by Crippen LogP contribution is -2.40. The van der Waals surface area contributed by atoms with E-state index in [1.165, 1.54) is 11.8 Å². The summed E-state index contributed by atoms with van der Waals surface area (Å²) in [7, 11) is 0. The fourth-order valence-corrected chi connectivity index (χ4v) is 4.52. The Balaban J connectivity index is 1.56. The number of hydrogen-bond acceptors (Lipinski definition) is 6. The van der Waals surface area contributed by atoms with E-state index in [4.69, 9.17) is 0 Å². The van der Waals surface area contributed by atoms with Crippen molar-refractivity contribution in [1.82, 2.24) is 19.7 Å². The van der Waals surface area contributed by atoms with Crippen molar-refractivity contribution in [3.63, 3.8) is 0 Å². The molecule has 31 heavy (non-hydrogen) atoms. The van der Waals surface area contributed by atoms with E-state index in [0.717, 1.165) is 30.0 Å². The molecule has 0 radical (unpaired) electrons. The minimum atomic E-state index is -0.238. The first-order chi connectivity index (χ1) is 15.1. The van der Waals surface area contributed by atoms with Crippen LogP contribution in [0, 0.1) is 0 Å². The predicted octanol–water partition coefficient (Wildman–Crippen LogP) is 3.61. The van der Waals surface area contributed by atoms with Crippen LogP contribution < -0.4 is 10.2 Å². The van der Waals surface area contributed by atoms with Crippen molar-refractivity contribution in [2.45, 2.75) is 44.4 Å². The molecule has 0 spiro atoms. The number of pyridine rings is 1. The quantitative estimate of drug-likeness (QED) is 0.594. The highest BCUT2D eigenvalue weighted by Crippen LogP contribution is 2.32. The number of amides is 2. The summed E-state index contributed by atoms with van der Waals surface area (Å²) in [4.78, 5) is 31.2. The normalized spacial score (nSPS) is 15.9. The SMILES string of the molecule is CCCn1c(SCC(=O)N2c3ccccc3NC(=O)C[C@H]2C)nnc1-c1ccncc1. The maximum absolute atomic E-state index is 13.3. The summed E-state index contributed by atoms with van der Waals surface area (Å²) in [6.45, 7) is 4.74. The topological polar surface area (TPSA) is 93.0 Å². The van der Waals surface area contributed by atoms with E-state index in [0.29, 0.717) is 10.8 Å². The molecule has 0 bridgehead atoms. The number of nitrogens with one attached hydrogen (secondary N) is 1. The third-order valence-corrected chi connectivity index (χ3v) is 6.01. The summed E-state index contributed by atoms with van der Waals surface area (Å²) >= 11 is 1.37. The van der Waals surface area contributed by atoms with Gasteiger partial charge in [0.25, 0.3) is 0 Å². The van der Waals surface area contributed by atoms with Gasteiger partial charge in [0.1, 0.15) is 0 Å². The third-order valence-electron chi connectivity index (χ3n) is 5.06. The second kappa shape index (κ2) is 9.30. The highest BCUT2D eigenvalue weighted by atomic mass is 32.2. The Morgan fingerprint density at radius 1 is 1.19 bits per heavy atom. The van der Waals surface area contributed by atoms with E-state index >= 15 is 0 Å².